The van der Waals surface area contributed by atoms with Crippen LogP contribution in [-0.2, 0) is 25.6 Å². The topological polar surface area (TPSA) is 183 Å². The Morgan fingerprint density at radius 3 is 2.58 bits per heavy atom. The third-order valence-corrected chi connectivity index (χ3v) is 3.62. The molecular weight excluding hydrogens is 374 g/mol. The van der Waals surface area contributed by atoms with Crippen LogP contribution in [0, 0.1) is 0 Å². The molecular formula is C13H16ClN5O7. The molecule has 2 atom stereocenters. The summed E-state index contributed by atoms with van der Waals surface area (Å²) in [6.45, 7) is -0.540. The summed E-state index contributed by atoms with van der Waals surface area (Å²) in [4.78, 5) is 33.4. The molecule has 0 radical (unpaired) electrons. The summed E-state index contributed by atoms with van der Waals surface area (Å²) in [5.41, 5.74) is 6.27. The number of carboxylic acids is 2. The highest BCUT2D eigenvalue weighted by Gasteiger charge is 2.30. The lowest BCUT2D eigenvalue weighted by atomic mass is 10.2. The number of aliphatic carboxylic acids is 2. The minimum Gasteiger partial charge on any atom is -0.479 e. The molecule has 13 heteroatoms. The molecule has 0 amide bonds. The number of nitrogens with zero attached hydrogens (tertiary/aromatic N) is 4. The summed E-state index contributed by atoms with van der Waals surface area (Å²) in [7, 11) is 1.26. The molecule has 0 aliphatic heterocycles. The molecule has 0 saturated carbocycles. The van der Waals surface area contributed by atoms with Gasteiger partial charge in [-0.3, -0.25) is 0 Å². The number of carbonyl (C=O) groups is 2. The van der Waals surface area contributed by atoms with Crippen LogP contribution < -0.4 is 5.73 Å². The van der Waals surface area contributed by atoms with Gasteiger partial charge in [0.1, 0.15) is 17.7 Å². The lowest BCUT2D eigenvalue weighted by Gasteiger charge is -2.23. The number of rotatable bonds is 9. The van der Waals surface area contributed by atoms with Crippen molar-refractivity contribution in [3.63, 3.8) is 0 Å². The van der Waals surface area contributed by atoms with Gasteiger partial charge in [0.15, 0.2) is 11.5 Å². The van der Waals surface area contributed by atoms with Gasteiger partial charge < -0.3 is 35.1 Å². The second-order valence-electron chi connectivity index (χ2n) is 5.18. The zero-order chi connectivity index (χ0) is 19.4. The summed E-state index contributed by atoms with van der Waals surface area (Å²) in [6, 6.07) is 0. The largest absolute Gasteiger partial charge is 0.479 e. The molecule has 2 rings (SSSR count). The minimum atomic E-state index is -2.07. The number of halogens is 1. The summed E-state index contributed by atoms with van der Waals surface area (Å²) in [6.07, 6.45) is -2.92. The average Bonchev–Trinajstić information content (AvgIpc) is 2.93. The van der Waals surface area contributed by atoms with Crippen LogP contribution in [0.5, 0.6) is 0 Å². The third kappa shape index (κ3) is 4.35. The van der Waals surface area contributed by atoms with Crippen LogP contribution in [0.1, 0.15) is 0 Å². The fourth-order valence-corrected chi connectivity index (χ4v) is 2.34. The van der Waals surface area contributed by atoms with E-state index in [1.807, 2.05) is 0 Å². The highest BCUT2D eigenvalue weighted by molar-refractivity contribution is 6.28. The predicted molar refractivity (Wildman–Crippen MR) is 86.6 cm³/mol. The number of aliphatic hydroxyl groups is 1. The van der Waals surface area contributed by atoms with Crippen molar-refractivity contribution >= 4 is 40.5 Å². The van der Waals surface area contributed by atoms with Crippen LogP contribution in [0.25, 0.3) is 11.2 Å². The minimum absolute atomic E-state index is 0.0735. The van der Waals surface area contributed by atoms with Crippen molar-refractivity contribution in [1.29, 1.82) is 0 Å². The molecule has 2 aromatic heterocycles. The van der Waals surface area contributed by atoms with Crippen molar-refractivity contribution in [2.45, 2.75) is 24.9 Å². The Balaban J connectivity index is 2.11. The number of fused-ring (bicyclic) bond motifs is 1. The van der Waals surface area contributed by atoms with E-state index in [2.05, 4.69) is 15.0 Å². The Bertz CT molecular complexity index is 800. The van der Waals surface area contributed by atoms with Crippen LogP contribution in [-0.4, -0.2) is 78.8 Å². The molecule has 5 N–H and O–H groups in total. The van der Waals surface area contributed by atoms with E-state index in [4.69, 9.17) is 37.0 Å². The van der Waals surface area contributed by atoms with Gasteiger partial charge in [0.05, 0.1) is 19.5 Å². The van der Waals surface area contributed by atoms with Gasteiger partial charge in [-0.1, -0.05) is 0 Å². The van der Waals surface area contributed by atoms with Crippen LogP contribution in [0.3, 0.4) is 0 Å². The number of hydrogen-bond donors (Lipinski definition) is 4. The number of anilines is 1. The Labute approximate surface area is 151 Å². The summed E-state index contributed by atoms with van der Waals surface area (Å²) in [5, 5.41) is 27.8. The molecule has 26 heavy (non-hydrogen) atoms. The van der Waals surface area contributed by atoms with Gasteiger partial charge in [-0.05, 0) is 11.6 Å². The second-order valence-corrected chi connectivity index (χ2v) is 5.52. The molecule has 0 aliphatic carbocycles. The van der Waals surface area contributed by atoms with Crippen molar-refractivity contribution in [2.24, 2.45) is 0 Å². The van der Waals surface area contributed by atoms with Crippen molar-refractivity contribution in [1.82, 2.24) is 19.5 Å². The molecule has 12 nitrogen and oxygen atoms in total. The number of nitrogen functional groups attached to an aromatic ring is 1. The molecule has 0 spiro atoms. The van der Waals surface area contributed by atoms with Gasteiger partial charge in [0.25, 0.3) is 6.10 Å². The van der Waals surface area contributed by atoms with Crippen LogP contribution in [0.4, 0.5) is 5.82 Å². The summed E-state index contributed by atoms with van der Waals surface area (Å²) < 4.78 is 11.3. The van der Waals surface area contributed by atoms with Gasteiger partial charge in [-0.2, -0.15) is 9.97 Å². The fraction of sp³-hybridized carbons (Fsp3) is 0.462. The van der Waals surface area contributed by atoms with E-state index >= 15 is 0 Å². The van der Waals surface area contributed by atoms with E-state index in [0.29, 0.717) is 5.52 Å². The quantitative estimate of drug-likeness (QED) is 0.304. The van der Waals surface area contributed by atoms with Gasteiger partial charge in [0, 0.05) is 7.11 Å². The van der Waals surface area contributed by atoms with E-state index in [-0.39, 0.29) is 23.3 Å². The molecule has 0 aromatic carbocycles. The molecule has 0 unspecified atom stereocenters. The van der Waals surface area contributed by atoms with Crippen molar-refractivity contribution in [3.8, 4) is 0 Å². The van der Waals surface area contributed by atoms with E-state index < -0.39 is 36.9 Å². The van der Waals surface area contributed by atoms with E-state index in [9.17, 15) is 14.7 Å². The van der Waals surface area contributed by atoms with Crippen molar-refractivity contribution in [2.75, 3.05) is 19.5 Å². The predicted octanol–water partition coefficient (Wildman–Crippen LogP) is -1.01. The smallest absolute Gasteiger partial charge is 0.344 e. The fourth-order valence-electron chi connectivity index (χ4n) is 2.17. The second kappa shape index (κ2) is 8.23. The molecule has 0 aliphatic rings. The highest BCUT2D eigenvalue weighted by atomic mass is 35.5. The van der Waals surface area contributed by atoms with Crippen molar-refractivity contribution < 1.29 is 34.4 Å². The first-order chi connectivity index (χ1) is 12.2. The number of methoxy groups -OCH3 is 1. The van der Waals surface area contributed by atoms with Gasteiger partial charge >= 0.3 is 11.9 Å². The first-order valence-corrected chi connectivity index (χ1v) is 7.54. The maximum atomic E-state index is 10.8. The lowest BCUT2D eigenvalue weighted by Crippen LogP contribution is -2.40. The van der Waals surface area contributed by atoms with Crippen LogP contribution in [0.15, 0.2) is 6.33 Å². The SMILES string of the molecule is CO[C@H](COC(C(=O)O)C(=O)O)[C@@H](O)Cn1cnc2c(N)nc(Cl)nc21. The normalized spacial score (nSPS) is 13.8. The summed E-state index contributed by atoms with van der Waals surface area (Å²) >= 11 is 5.76. The third-order valence-electron chi connectivity index (χ3n) is 3.45. The Morgan fingerprint density at radius 2 is 2.00 bits per heavy atom. The Morgan fingerprint density at radius 1 is 1.35 bits per heavy atom. The average molecular weight is 390 g/mol. The molecule has 142 valence electrons. The number of aromatic nitrogens is 4. The van der Waals surface area contributed by atoms with Crippen LogP contribution in [0.2, 0.25) is 5.28 Å². The van der Waals surface area contributed by atoms with Gasteiger partial charge in [0.2, 0.25) is 5.28 Å². The van der Waals surface area contributed by atoms with E-state index in [1.165, 1.54) is 18.0 Å². The number of aliphatic hydroxyl groups excluding tert-OH is 1. The van der Waals surface area contributed by atoms with Gasteiger partial charge in [-0.25, -0.2) is 14.6 Å². The molecule has 0 saturated heterocycles. The first kappa shape index (κ1) is 19.8. The standard InChI is InChI=1S/C13H16ClN5O7/c1-25-6(3-26-8(11(21)22)12(23)24)5(20)2-19-4-16-7-9(15)17-13(14)18-10(7)19/h4-6,8,20H,2-3H2,1H3,(H,21,22)(H,23,24)(H2,15,17,18)/t5-,6+/m0/s1. The number of carboxylic acid groups (broad SMARTS) is 2. The molecule has 2 aromatic rings. The van der Waals surface area contributed by atoms with Crippen LogP contribution >= 0.6 is 11.6 Å². The highest BCUT2D eigenvalue weighted by Crippen LogP contribution is 2.19. The zero-order valence-corrected chi connectivity index (χ0v) is 14.2. The summed E-state index contributed by atoms with van der Waals surface area (Å²) in [5.74, 6) is -3.25. The Kier molecular flexibility index (Phi) is 6.26. The maximum absolute atomic E-state index is 10.8. The lowest BCUT2D eigenvalue weighted by molar-refractivity contribution is -0.170. The van der Waals surface area contributed by atoms with Crippen molar-refractivity contribution in [3.05, 3.63) is 11.6 Å². The number of ether oxygens (including phenoxy) is 2. The van der Waals surface area contributed by atoms with E-state index in [1.54, 1.807) is 0 Å². The van der Waals surface area contributed by atoms with E-state index in [0.717, 1.165) is 0 Å². The molecule has 0 fully saturated rings. The van der Waals surface area contributed by atoms with Gasteiger partial charge in [-0.15, -0.1) is 0 Å². The number of hydrogen-bond acceptors (Lipinski definition) is 9. The number of nitrogens with two attached hydrogens (primary N) is 1. The molecule has 0 bridgehead atoms. The monoisotopic (exact) mass is 389 g/mol. The zero-order valence-electron chi connectivity index (χ0n) is 13.4. The Hall–Kier alpha value is -2.54. The first-order valence-electron chi connectivity index (χ1n) is 7.16. The maximum Gasteiger partial charge on any atom is 0.344 e. The number of imidazole rings is 1. The molecule has 2 heterocycles.